The first-order valence-electron chi connectivity index (χ1n) is 4.81. The molecule has 1 aromatic carbocycles. The number of nitrogens with one attached hydrogen (secondary N) is 1. The van der Waals surface area contributed by atoms with Gasteiger partial charge in [0, 0.05) is 16.9 Å². The summed E-state index contributed by atoms with van der Waals surface area (Å²) in [5.74, 6) is 0. The third-order valence-electron chi connectivity index (χ3n) is 2.16. The molecule has 0 radical (unpaired) electrons. The van der Waals surface area contributed by atoms with E-state index in [0.717, 1.165) is 19.5 Å². The molecule has 0 atom stereocenters. The molecule has 0 saturated heterocycles. The van der Waals surface area contributed by atoms with Gasteiger partial charge in [-0.2, -0.15) is 0 Å². The van der Waals surface area contributed by atoms with Gasteiger partial charge in [0.25, 0.3) is 0 Å². The Morgan fingerprint density at radius 1 is 1.29 bits per heavy atom. The number of anilines is 1. The molecule has 1 aromatic heterocycles. The van der Waals surface area contributed by atoms with Crippen molar-refractivity contribution in [3.8, 4) is 0 Å². The van der Waals surface area contributed by atoms with E-state index in [1.54, 1.807) is 11.3 Å². The summed E-state index contributed by atoms with van der Waals surface area (Å²) in [4.78, 5) is 0. The Hall–Kier alpha value is -1.06. The van der Waals surface area contributed by atoms with Crippen LogP contribution in [-0.2, 0) is 0 Å². The van der Waals surface area contributed by atoms with Gasteiger partial charge in [0.05, 0.1) is 0 Å². The number of fused-ring (bicyclic) bond motifs is 1. The van der Waals surface area contributed by atoms with E-state index in [0.29, 0.717) is 0 Å². The molecule has 14 heavy (non-hydrogen) atoms. The second kappa shape index (κ2) is 4.44. The molecule has 0 spiro atoms. The summed E-state index contributed by atoms with van der Waals surface area (Å²) in [7, 11) is 0. The number of nitrogens with two attached hydrogens (primary N) is 1. The Morgan fingerprint density at radius 3 is 3.07 bits per heavy atom. The molecular formula is C11H14N2S. The Balaban J connectivity index is 2.10. The average Bonchev–Trinajstić information content (AvgIpc) is 2.65. The number of benzene rings is 1. The molecule has 2 nitrogen and oxygen atoms in total. The first-order valence-corrected chi connectivity index (χ1v) is 5.69. The third kappa shape index (κ3) is 2.05. The minimum Gasteiger partial charge on any atom is -0.385 e. The molecule has 0 amide bonds. The summed E-state index contributed by atoms with van der Waals surface area (Å²) in [6.07, 6.45) is 1.02. The van der Waals surface area contributed by atoms with Gasteiger partial charge in [-0.1, -0.05) is 0 Å². The van der Waals surface area contributed by atoms with Crippen LogP contribution in [-0.4, -0.2) is 13.1 Å². The van der Waals surface area contributed by atoms with Gasteiger partial charge in [0.15, 0.2) is 0 Å². The minimum absolute atomic E-state index is 0.744. The molecule has 3 heteroatoms. The van der Waals surface area contributed by atoms with Gasteiger partial charge >= 0.3 is 0 Å². The fourth-order valence-electron chi connectivity index (χ4n) is 1.41. The third-order valence-corrected chi connectivity index (χ3v) is 3.06. The normalized spacial score (nSPS) is 10.6. The molecule has 0 aliphatic carbocycles. The summed E-state index contributed by atoms with van der Waals surface area (Å²) >= 11 is 1.78. The highest BCUT2D eigenvalue weighted by atomic mass is 32.1. The zero-order chi connectivity index (χ0) is 9.80. The summed E-state index contributed by atoms with van der Waals surface area (Å²) in [6, 6.07) is 8.61. The lowest BCUT2D eigenvalue weighted by atomic mass is 10.2. The van der Waals surface area contributed by atoms with Gasteiger partial charge in [-0.05, 0) is 48.0 Å². The molecule has 0 aliphatic heterocycles. The molecule has 2 rings (SSSR count). The van der Waals surface area contributed by atoms with Crippen LogP contribution in [0.3, 0.4) is 0 Å². The van der Waals surface area contributed by atoms with Crippen LogP contribution in [0.2, 0.25) is 0 Å². The second-order valence-corrected chi connectivity index (χ2v) is 4.19. The van der Waals surface area contributed by atoms with Crippen molar-refractivity contribution in [2.24, 2.45) is 5.73 Å². The van der Waals surface area contributed by atoms with Crippen molar-refractivity contribution >= 4 is 27.1 Å². The van der Waals surface area contributed by atoms with Crippen LogP contribution >= 0.6 is 11.3 Å². The molecule has 0 bridgehead atoms. The van der Waals surface area contributed by atoms with E-state index in [-0.39, 0.29) is 0 Å². The van der Waals surface area contributed by atoms with E-state index in [9.17, 15) is 0 Å². The molecule has 0 unspecified atom stereocenters. The molecular weight excluding hydrogens is 192 g/mol. The smallest absolute Gasteiger partial charge is 0.0347 e. The van der Waals surface area contributed by atoms with E-state index < -0.39 is 0 Å². The first-order chi connectivity index (χ1) is 6.90. The maximum atomic E-state index is 5.43. The highest BCUT2D eigenvalue weighted by Gasteiger charge is 1.96. The molecule has 74 valence electrons. The SMILES string of the molecule is NCCCNc1ccc2sccc2c1. The number of hydrogen-bond acceptors (Lipinski definition) is 3. The molecule has 2 aromatic rings. The average molecular weight is 206 g/mol. The monoisotopic (exact) mass is 206 g/mol. The molecule has 3 N–H and O–H groups in total. The lowest BCUT2D eigenvalue weighted by molar-refractivity contribution is 0.874. The highest BCUT2D eigenvalue weighted by Crippen LogP contribution is 2.23. The summed E-state index contributed by atoms with van der Waals surface area (Å²) < 4.78 is 1.34. The predicted octanol–water partition coefficient (Wildman–Crippen LogP) is 2.66. The standard InChI is InChI=1S/C11H14N2S/c12-5-1-6-13-10-2-3-11-9(8-10)4-7-14-11/h2-4,7-8,13H,1,5-6,12H2. The van der Waals surface area contributed by atoms with E-state index >= 15 is 0 Å². The van der Waals surface area contributed by atoms with Crippen molar-refractivity contribution in [3.05, 3.63) is 29.6 Å². The summed E-state index contributed by atoms with van der Waals surface area (Å²) in [5.41, 5.74) is 6.61. The van der Waals surface area contributed by atoms with Crippen molar-refractivity contribution in [1.82, 2.24) is 0 Å². The van der Waals surface area contributed by atoms with Crippen LogP contribution in [0.5, 0.6) is 0 Å². The zero-order valence-electron chi connectivity index (χ0n) is 7.99. The van der Waals surface area contributed by atoms with Crippen LogP contribution in [0.1, 0.15) is 6.42 Å². The second-order valence-electron chi connectivity index (χ2n) is 3.24. The lowest BCUT2D eigenvalue weighted by Crippen LogP contribution is -2.08. The highest BCUT2D eigenvalue weighted by molar-refractivity contribution is 7.17. The molecule has 0 fully saturated rings. The van der Waals surface area contributed by atoms with Crippen LogP contribution in [0.25, 0.3) is 10.1 Å². The fourth-order valence-corrected chi connectivity index (χ4v) is 2.18. The van der Waals surface area contributed by atoms with Crippen LogP contribution in [0.15, 0.2) is 29.6 Å². The van der Waals surface area contributed by atoms with Gasteiger partial charge in [0.1, 0.15) is 0 Å². The van der Waals surface area contributed by atoms with Crippen molar-refractivity contribution in [3.63, 3.8) is 0 Å². The largest absolute Gasteiger partial charge is 0.385 e. The Labute approximate surface area is 87.7 Å². The van der Waals surface area contributed by atoms with Gasteiger partial charge in [0.2, 0.25) is 0 Å². The number of hydrogen-bond donors (Lipinski definition) is 2. The predicted molar refractivity (Wildman–Crippen MR) is 64.0 cm³/mol. The van der Waals surface area contributed by atoms with Crippen molar-refractivity contribution in [2.45, 2.75) is 6.42 Å². The van der Waals surface area contributed by atoms with E-state index in [4.69, 9.17) is 5.73 Å². The molecule has 0 aliphatic rings. The lowest BCUT2D eigenvalue weighted by Gasteiger charge is -2.04. The number of thiophene rings is 1. The van der Waals surface area contributed by atoms with Crippen molar-refractivity contribution < 1.29 is 0 Å². The molecule has 1 heterocycles. The first kappa shape index (κ1) is 9.49. The van der Waals surface area contributed by atoms with Gasteiger partial charge in [-0.15, -0.1) is 11.3 Å². The quantitative estimate of drug-likeness (QED) is 0.755. The zero-order valence-corrected chi connectivity index (χ0v) is 8.81. The van der Waals surface area contributed by atoms with Gasteiger partial charge < -0.3 is 11.1 Å². The van der Waals surface area contributed by atoms with Crippen LogP contribution in [0.4, 0.5) is 5.69 Å². The Morgan fingerprint density at radius 2 is 2.21 bits per heavy atom. The maximum Gasteiger partial charge on any atom is 0.0347 e. The Kier molecular flexibility index (Phi) is 3.01. The Bertz CT molecular complexity index is 408. The minimum atomic E-state index is 0.744. The van der Waals surface area contributed by atoms with E-state index in [1.165, 1.54) is 15.8 Å². The summed E-state index contributed by atoms with van der Waals surface area (Å²) in [5, 5.41) is 6.78. The van der Waals surface area contributed by atoms with E-state index in [2.05, 4.69) is 35.0 Å². The van der Waals surface area contributed by atoms with Crippen LogP contribution < -0.4 is 11.1 Å². The maximum absolute atomic E-state index is 5.43. The van der Waals surface area contributed by atoms with Crippen molar-refractivity contribution in [2.75, 3.05) is 18.4 Å². The fraction of sp³-hybridized carbons (Fsp3) is 0.273. The topological polar surface area (TPSA) is 38.0 Å². The van der Waals surface area contributed by atoms with Gasteiger partial charge in [-0.3, -0.25) is 0 Å². The van der Waals surface area contributed by atoms with Crippen molar-refractivity contribution in [1.29, 1.82) is 0 Å². The van der Waals surface area contributed by atoms with E-state index in [1.807, 2.05) is 0 Å². The summed E-state index contributed by atoms with van der Waals surface area (Å²) in [6.45, 7) is 1.69. The van der Waals surface area contributed by atoms with Crippen LogP contribution in [0, 0.1) is 0 Å². The van der Waals surface area contributed by atoms with Gasteiger partial charge in [-0.25, -0.2) is 0 Å². The number of rotatable bonds is 4. The molecule has 0 saturated carbocycles.